The number of amides is 2. The summed E-state index contributed by atoms with van der Waals surface area (Å²) in [4.78, 5) is 30.2. The third-order valence-corrected chi connectivity index (χ3v) is 6.16. The second-order valence-corrected chi connectivity index (χ2v) is 8.44. The van der Waals surface area contributed by atoms with Gasteiger partial charge in [-0.1, -0.05) is 30.3 Å². The van der Waals surface area contributed by atoms with E-state index in [0.29, 0.717) is 6.54 Å². The maximum atomic E-state index is 13.3. The van der Waals surface area contributed by atoms with Crippen molar-refractivity contribution in [3.05, 3.63) is 65.4 Å². The minimum absolute atomic E-state index is 0.0177. The molecule has 3 aromatic rings. The van der Waals surface area contributed by atoms with Gasteiger partial charge in [-0.25, -0.2) is 0 Å². The summed E-state index contributed by atoms with van der Waals surface area (Å²) in [5.74, 6) is 0.0404. The van der Waals surface area contributed by atoms with Crippen LogP contribution in [0.3, 0.4) is 0 Å². The zero-order valence-corrected chi connectivity index (χ0v) is 17.6. The third-order valence-electron chi connectivity index (χ3n) is 6.16. The van der Waals surface area contributed by atoms with Crippen molar-refractivity contribution in [1.29, 1.82) is 0 Å². The number of benzene rings is 2. The molecule has 0 bridgehead atoms. The van der Waals surface area contributed by atoms with Gasteiger partial charge in [0.1, 0.15) is 12.7 Å². The Morgan fingerprint density at radius 3 is 2.67 bits per heavy atom. The summed E-state index contributed by atoms with van der Waals surface area (Å²) in [6.45, 7) is 4.84. The van der Waals surface area contributed by atoms with Crippen LogP contribution in [0.25, 0.3) is 10.9 Å². The molecule has 2 aliphatic rings. The molecule has 154 valence electrons. The van der Waals surface area contributed by atoms with Gasteiger partial charge in [0.2, 0.25) is 5.91 Å². The molecule has 1 N–H and O–H groups in total. The number of anilines is 1. The highest BCUT2D eigenvalue weighted by atomic mass is 16.2. The van der Waals surface area contributed by atoms with E-state index in [0.717, 1.165) is 28.9 Å². The maximum Gasteiger partial charge on any atom is 0.257 e. The van der Waals surface area contributed by atoms with Crippen molar-refractivity contribution in [2.24, 2.45) is 0 Å². The smallest absolute Gasteiger partial charge is 0.257 e. The maximum absolute atomic E-state index is 13.3. The minimum Gasteiger partial charge on any atom is -0.352 e. The van der Waals surface area contributed by atoms with Crippen molar-refractivity contribution in [2.75, 3.05) is 18.5 Å². The predicted octanol–water partition coefficient (Wildman–Crippen LogP) is 3.31. The Balaban J connectivity index is 1.70. The van der Waals surface area contributed by atoms with Crippen LogP contribution in [0, 0.1) is 0 Å². The minimum atomic E-state index is -0.226. The second-order valence-electron chi connectivity index (χ2n) is 8.44. The molecule has 2 amide bonds. The molecule has 0 aliphatic carbocycles. The van der Waals surface area contributed by atoms with Crippen molar-refractivity contribution in [3.63, 3.8) is 0 Å². The quantitative estimate of drug-likeness (QED) is 0.731. The Hall–Kier alpha value is -3.28. The van der Waals surface area contributed by atoms with E-state index in [9.17, 15) is 9.59 Å². The number of hydrogen-bond acceptors (Lipinski definition) is 3. The number of nitrogens with zero attached hydrogens (tertiary/aromatic N) is 3. The largest absolute Gasteiger partial charge is 0.352 e. The van der Waals surface area contributed by atoms with Crippen LogP contribution < -0.4 is 10.2 Å². The number of hydrogen-bond donors (Lipinski definition) is 1. The van der Waals surface area contributed by atoms with Gasteiger partial charge in [0.05, 0.1) is 16.9 Å². The van der Waals surface area contributed by atoms with Crippen LogP contribution in [0.2, 0.25) is 0 Å². The number of nitrogens with one attached hydrogen (secondary N) is 1. The van der Waals surface area contributed by atoms with Crippen molar-refractivity contribution >= 4 is 28.4 Å². The lowest BCUT2D eigenvalue weighted by Gasteiger charge is -2.46. The highest BCUT2D eigenvalue weighted by Gasteiger charge is 2.42. The van der Waals surface area contributed by atoms with E-state index in [1.165, 1.54) is 10.9 Å². The highest BCUT2D eigenvalue weighted by Crippen LogP contribution is 2.44. The van der Waals surface area contributed by atoms with Gasteiger partial charge in [-0.05, 0) is 44.0 Å². The van der Waals surface area contributed by atoms with Crippen LogP contribution in [0.1, 0.15) is 41.6 Å². The van der Waals surface area contributed by atoms with Gasteiger partial charge in [-0.15, -0.1) is 0 Å². The summed E-state index contributed by atoms with van der Waals surface area (Å²) in [6, 6.07) is 16.1. The molecule has 0 spiro atoms. The molecule has 2 aliphatic heterocycles. The van der Waals surface area contributed by atoms with Crippen LogP contribution in [-0.4, -0.2) is 40.9 Å². The van der Waals surface area contributed by atoms with Gasteiger partial charge < -0.3 is 19.7 Å². The molecule has 5 rings (SSSR count). The van der Waals surface area contributed by atoms with Gasteiger partial charge in [0.15, 0.2) is 0 Å². The average Bonchev–Trinajstić information content (AvgIpc) is 3.05. The first-order valence-electron chi connectivity index (χ1n) is 10.5. The van der Waals surface area contributed by atoms with Gasteiger partial charge in [-0.2, -0.15) is 0 Å². The first-order chi connectivity index (χ1) is 14.5. The van der Waals surface area contributed by atoms with Gasteiger partial charge in [-0.3, -0.25) is 9.59 Å². The standard InChI is InChI=1S/C24H26N4O2/c1-15(2)25-21(29)14-28-20-11-7-4-8-16(20)17-12-13-27-23(22(17)28)26(3)19-10-6-5-9-18(19)24(27)30/h4-11,15,23H,12-14H2,1-3H3,(H,25,29). The number of para-hydroxylation sites is 2. The Labute approximate surface area is 176 Å². The van der Waals surface area contributed by atoms with E-state index >= 15 is 0 Å². The Kier molecular flexibility index (Phi) is 4.31. The molecule has 6 nitrogen and oxygen atoms in total. The zero-order valence-electron chi connectivity index (χ0n) is 17.6. The fraction of sp³-hybridized carbons (Fsp3) is 0.333. The van der Waals surface area contributed by atoms with Crippen LogP contribution >= 0.6 is 0 Å². The Bertz CT molecular complexity index is 1160. The Morgan fingerprint density at radius 1 is 1.13 bits per heavy atom. The molecule has 1 aromatic heterocycles. The highest BCUT2D eigenvalue weighted by molar-refractivity contribution is 6.02. The summed E-state index contributed by atoms with van der Waals surface area (Å²) < 4.78 is 2.11. The van der Waals surface area contributed by atoms with Crippen LogP contribution in [0.15, 0.2) is 48.5 Å². The lowest BCUT2D eigenvalue weighted by Crippen LogP contribution is -2.51. The van der Waals surface area contributed by atoms with Crippen LogP contribution in [0.4, 0.5) is 5.69 Å². The second kappa shape index (κ2) is 6.90. The molecular weight excluding hydrogens is 376 g/mol. The summed E-state index contributed by atoms with van der Waals surface area (Å²) in [5, 5.41) is 4.18. The third kappa shape index (κ3) is 2.70. The summed E-state index contributed by atoms with van der Waals surface area (Å²) in [7, 11) is 2.04. The summed E-state index contributed by atoms with van der Waals surface area (Å²) >= 11 is 0. The van der Waals surface area contributed by atoms with E-state index in [1.807, 2.05) is 62.2 Å². The van der Waals surface area contributed by atoms with E-state index in [2.05, 4.69) is 26.9 Å². The van der Waals surface area contributed by atoms with Gasteiger partial charge >= 0.3 is 0 Å². The SMILES string of the molecule is CC(C)NC(=O)Cn1c2c(c3ccccc31)CCN1C(=O)c3ccccc3N(C)C21. The number of carbonyl (C=O) groups is 2. The first kappa shape index (κ1) is 18.7. The lowest BCUT2D eigenvalue weighted by atomic mass is 9.96. The van der Waals surface area contributed by atoms with Crippen molar-refractivity contribution in [1.82, 2.24) is 14.8 Å². The Morgan fingerprint density at radius 2 is 1.87 bits per heavy atom. The number of aromatic nitrogens is 1. The van der Waals surface area contributed by atoms with E-state index < -0.39 is 0 Å². The van der Waals surface area contributed by atoms with Crippen molar-refractivity contribution in [3.8, 4) is 0 Å². The molecule has 0 fully saturated rings. The predicted molar refractivity (Wildman–Crippen MR) is 118 cm³/mol. The molecule has 1 atom stereocenters. The zero-order chi connectivity index (χ0) is 21.0. The van der Waals surface area contributed by atoms with Gasteiger partial charge in [0.25, 0.3) is 5.91 Å². The summed E-state index contributed by atoms with van der Waals surface area (Å²) in [5.41, 5.74) is 5.00. The van der Waals surface area contributed by atoms with Crippen LogP contribution in [-0.2, 0) is 17.8 Å². The molecular formula is C24H26N4O2. The molecule has 0 saturated carbocycles. The van der Waals surface area contributed by atoms with E-state index in [1.54, 1.807) is 0 Å². The first-order valence-corrected chi connectivity index (χ1v) is 10.5. The number of fused-ring (bicyclic) bond motifs is 6. The molecule has 1 unspecified atom stereocenters. The fourth-order valence-electron chi connectivity index (χ4n) is 4.99. The molecule has 6 heteroatoms. The summed E-state index contributed by atoms with van der Waals surface area (Å²) in [6.07, 6.45) is 0.558. The van der Waals surface area contributed by atoms with Crippen LogP contribution in [0.5, 0.6) is 0 Å². The molecule has 3 heterocycles. The number of carbonyl (C=O) groups excluding carboxylic acids is 2. The monoisotopic (exact) mass is 402 g/mol. The normalized spacial score (nSPS) is 17.7. The van der Waals surface area contributed by atoms with Gasteiger partial charge in [0, 0.05) is 30.5 Å². The average molecular weight is 402 g/mol. The van der Waals surface area contributed by atoms with E-state index in [-0.39, 0.29) is 30.6 Å². The lowest BCUT2D eigenvalue weighted by molar-refractivity contribution is -0.122. The topological polar surface area (TPSA) is 57.6 Å². The fourth-order valence-corrected chi connectivity index (χ4v) is 4.99. The molecule has 2 aromatic carbocycles. The number of rotatable bonds is 3. The van der Waals surface area contributed by atoms with Crippen molar-refractivity contribution in [2.45, 2.75) is 39.0 Å². The molecule has 30 heavy (non-hydrogen) atoms. The molecule has 0 radical (unpaired) electrons. The van der Waals surface area contributed by atoms with Crippen molar-refractivity contribution < 1.29 is 9.59 Å². The molecule has 0 saturated heterocycles. The van der Waals surface area contributed by atoms with E-state index in [4.69, 9.17) is 0 Å².